The van der Waals surface area contributed by atoms with E-state index in [1.54, 1.807) is 0 Å². The summed E-state index contributed by atoms with van der Waals surface area (Å²) in [5.41, 5.74) is 0. The van der Waals surface area contributed by atoms with Crippen molar-refractivity contribution in [2.45, 2.75) is 225 Å². The van der Waals surface area contributed by atoms with Crippen LogP contribution in [0, 0.1) is 0 Å². The average Bonchev–Trinajstić information content (AvgIpc) is 3.14. The molecule has 1 amide bonds. The highest BCUT2D eigenvalue weighted by Gasteiger charge is 2.14. The van der Waals surface area contributed by atoms with Gasteiger partial charge in [-0.2, -0.15) is 0 Å². The van der Waals surface area contributed by atoms with Gasteiger partial charge in [0.2, 0.25) is 5.91 Å². The molecule has 0 spiro atoms. The number of amides is 1. The van der Waals surface area contributed by atoms with Crippen LogP contribution in [0.2, 0.25) is 0 Å². The van der Waals surface area contributed by atoms with Crippen molar-refractivity contribution in [3.05, 3.63) is 48.6 Å². The van der Waals surface area contributed by atoms with Gasteiger partial charge < -0.3 is 15.2 Å². The molecule has 0 saturated heterocycles. The average molecular weight is 742 g/mol. The first-order chi connectivity index (χ1) is 26.0. The van der Waals surface area contributed by atoms with Crippen LogP contribution in [0.4, 0.5) is 0 Å². The second kappa shape index (κ2) is 42.1. The number of hydrogen-bond acceptors (Lipinski definition) is 4. The SMILES string of the molecule is CCCCCC/C=C\C/C=C\CCCCCCCC(=O)OC(CCCCC/C=C\C/C=C\CCCCCCC)CCCCCCCC(=O)NCC(=O)O. The zero-order valence-corrected chi connectivity index (χ0v) is 34.6. The molecule has 1 atom stereocenters. The van der Waals surface area contributed by atoms with E-state index in [1.165, 1.54) is 96.3 Å². The lowest BCUT2D eigenvalue weighted by Gasteiger charge is -2.18. The Morgan fingerprint density at radius 3 is 1.34 bits per heavy atom. The minimum absolute atomic E-state index is 0.00496. The van der Waals surface area contributed by atoms with Gasteiger partial charge in [-0.3, -0.25) is 14.4 Å². The van der Waals surface area contributed by atoms with E-state index in [0.29, 0.717) is 12.8 Å². The van der Waals surface area contributed by atoms with E-state index in [0.717, 1.165) is 96.3 Å². The summed E-state index contributed by atoms with van der Waals surface area (Å²) in [6.07, 6.45) is 53.7. The molecule has 0 rings (SSSR count). The van der Waals surface area contributed by atoms with Gasteiger partial charge in [-0.1, -0.05) is 152 Å². The molecule has 0 radical (unpaired) electrons. The van der Waals surface area contributed by atoms with Gasteiger partial charge in [0, 0.05) is 12.8 Å². The highest BCUT2D eigenvalue weighted by atomic mass is 16.5. The van der Waals surface area contributed by atoms with Crippen molar-refractivity contribution in [3.8, 4) is 0 Å². The molecule has 0 aromatic rings. The van der Waals surface area contributed by atoms with E-state index in [1.807, 2.05) is 0 Å². The summed E-state index contributed by atoms with van der Waals surface area (Å²) >= 11 is 0. The fourth-order valence-corrected chi connectivity index (χ4v) is 6.40. The summed E-state index contributed by atoms with van der Waals surface area (Å²) in [5, 5.41) is 11.1. The maximum atomic E-state index is 12.8. The summed E-state index contributed by atoms with van der Waals surface area (Å²) in [7, 11) is 0. The third-order valence-corrected chi connectivity index (χ3v) is 9.72. The predicted octanol–water partition coefficient (Wildman–Crippen LogP) is 13.8. The van der Waals surface area contributed by atoms with Gasteiger partial charge in [0.25, 0.3) is 0 Å². The van der Waals surface area contributed by atoms with Crippen LogP contribution in [0.15, 0.2) is 48.6 Å². The van der Waals surface area contributed by atoms with Crippen LogP contribution >= 0.6 is 0 Å². The number of allylic oxidation sites excluding steroid dienone is 8. The lowest BCUT2D eigenvalue weighted by Crippen LogP contribution is -2.28. The van der Waals surface area contributed by atoms with Crippen LogP contribution in [0.25, 0.3) is 0 Å². The lowest BCUT2D eigenvalue weighted by atomic mass is 10.0. The Balaban J connectivity index is 4.26. The van der Waals surface area contributed by atoms with Crippen LogP contribution in [0.5, 0.6) is 0 Å². The van der Waals surface area contributed by atoms with Crippen LogP contribution in [-0.2, 0) is 19.1 Å². The summed E-state index contributed by atoms with van der Waals surface area (Å²) in [6.45, 7) is 4.20. The third kappa shape index (κ3) is 42.0. The quantitative estimate of drug-likeness (QED) is 0.0370. The molecule has 2 N–H and O–H groups in total. The van der Waals surface area contributed by atoms with Gasteiger partial charge in [0.15, 0.2) is 0 Å². The molecule has 0 aliphatic rings. The van der Waals surface area contributed by atoms with Gasteiger partial charge in [-0.15, -0.1) is 0 Å². The molecule has 0 aliphatic carbocycles. The largest absolute Gasteiger partial charge is 0.480 e. The van der Waals surface area contributed by atoms with Crippen molar-refractivity contribution < 1.29 is 24.2 Å². The van der Waals surface area contributed by atoms with Gasteiger partial charge in [0.05, 0.1) is 0 Å². The number of carboxylic acid groups (broad SMARTS) is 1. The first kappa shape index (κ1) is 50.4. The number of aliphatic carboxylic acids is 1. The van der Waals surface area contributed by atoms with Crippen molar-refractivity contribution >= 4 is 17.8 Å². The third-order valence-electron chi connectivity index (χ3n) is 9.72. The lowest BCUT2D eigenvalue weighted by molar-refractivity contribution is -0.150. The van der Waals surface area contributed by atoms with Crippen molar-refractivity contribution in [1.82, 2.24) is 5.32 Å². The minimum Gasteiger partial charge on any atom is -0.480 e. The number of carbonyl (C=O) groups is 3. The maximum absolute atomic E-state index is 12.8. The molecule has 0 aliphatic heterocycles. The molecule has 306 valence electrons. The summed E-state index contributed by atoms with van der Waals surface area (Å²) in [6, 6.07) is 0. The first-order valence-corrected chi connectivity index (χ1v) is 22.3. The van der Waals surface area contributed by atoms with E-state index >= 15 is 0 Å². The molecular weight excluding hydrogens is 659 g/mol. The molecule has 0 saturated carbocycles. The highest BCUT2D eigenvalue weighted by molar-refractivity contribution is 5.80. The summed E-state index contributed by atoms with van der Waals surface area (Å²) in [4.78, 5) is 35.1. The summed E-state index contributed by atoms with van der Waals surface area (Å²) in [5.74, 6) is -1.26. The van der Waals surface area contributed by atoms with Crippen molar-refractivity contribution in [2.75, 3.05) is 6.54 Å². The number of ether oxygens (including phenoxy) is 1. The van der Waals surface area contributed by atoms with Gasteiger partial charge in [0.1, 0.15) is 12.6 Å². The molecule has 0 heterocycles. The van der Waals surface area contributed by atoms with E-state index in [-0.39, 0.29) is 24.5 Å². The van der Waals surface area contributed by atoms with Gasteiger partial charge in [-0.05, 0) is 103 Å². The maximum Gasteiger partial charge on any atom is 0.322 e. The van der Waals surface area contributed by atoms with Crippen molar-refractivity contribution in [1.29, 1.82) is 0 Å². The molecule has 0 aromatic carbocycles. The standard InChI is InChI=1S/C47H83NO5/c1-3-5-7-9-11-13-15-17-19-21-23-25-27-29-34-38-42-47(52)53-44(40-36-32-30-33-37-41-45(49)48-43-46(50)51)39-35-31-28-26-24-22-20-18-16-14-12-10-8-6-4-2/h13,15-16,18-19,21-22,24,44H,3-12,14,17,20,23,25-43H2,1-2H3,(H,48,49)(H,50,51)/b15-13-,18-16-,21-19-,24-22-. The molecule has 1 unspecified atom stereocenters. The Morgan fingerprint density at radius 2 is 0.868 bits per heavy atom. The normalized spacial score (nSPS) is 12.5. The van der Waals surface area contributed by atoms with Crippen LogP contribution in [0.1, 0.15) is 219 Å². The zero-order chi connectivity index (χ0) is 38.7. The van der Waals surface area contributed by atoms with Crippen LogP contribution in [0.3, 0.4) is 0 Å². The Morgan fingerprint density at radius 1 is 0.491 bits per heavy atom. The second-order valence-electron chi connectivity index (χ2n) is 14.9. The van der Waals surface area contributed by atoms with E-state index in [4.69, 9.17) is 9.84 Å². The zero-order valence-electron chi connectivity index (χ0n) is 34.6. The Kier molecular flexibility index (Phi) is 40.0. The summed E-state index contributed by atoms with van der Waals surface area (Å²) < 4.78 is 6.02. The fraction of sp³-hybridized carbons (Fsp3) is 0.766. The number of nitrogens with one attached hydrogen (secondary N) is 1. The molecule has 0 aromatic heterocycles. The highest BCUT2D eigenvalue weighted by Crippen LogP contribution is 2.18. The second-order valence-corrected chi connectivity index (χ2v) is 14.9. The van der Waals surface area contributed by atoms with Crippen molar-refractivity contribution in [2.24, 2.45) is 0 Å². The number of unbranched alkanes of at least 4 members (excludes halogenated alkanes) is 21. The number of rotatable bonds is 40. The van der Waals surface area contributed by atoms with Crippen LogP contribution in [-0.4, -0.2) is 35.6 Å². The smallest absolute Gasteiger partial charge is 0.322 e. The van der Waals surface area contributed by atoms with Gasteiger partial charge >= 0.3 is 11.9 Å². The molecule has 6 heteroatoms. The number of hydrogen-bond donors (Lipinski definition) is 2. The van der Waals surface area contributed by atoms with Crippen molar-refractivity contribution in [3.63, 3.8) is 0 Å². The van der Waals surface area contributed by atoms with Crippen LogP contribution < -0.4 is 5.32 Å². The number of carbonyl (C=O) groups excluding carboxylic acids is 2. The Hall–Kier alpha value is -2.63. The Bertz CT molecular complexity index is 953. The number of carboxylic acids is 1. The topological polar surface area (TPSA) is 92.7 Å². The van der Waals surface area contributed by atoms with E-state index < -0.39 is 5.97 Å². The molecule has 6 nitrogen and oxygen atoms in total. The fourth-order valence-electron chi connectivity index (χ4n) is 6.40. The Labute approximate surface area is 327 Å². The number of esters is 1. The van der Waals surface area contributed by atoms with Gasteiger partial charge in [-0.25, -0.2) is 0 Å². The monoisotopic (exact) mass is 742 g/mol. The predicted molar refractivity (Wildman–Crippen MR) is 226 cm³/mol. The molecule has 0 fully saturated rings. The molecule has 53 heavy (non-hydrogen) atoms. The van der Waals surface area contributed by atoms with E-state index in [2.05, 4.69) is 67.8 Å². The molecular formula is C47H83NO5. The van der Waals surface area contributed by atoms with E-state index in [9.17, 15) is 14.4 Å². The minimum atomic E-state index is -1.02. The molecule has 0 bridgehead atoms. The first-order valence-electron chi connectivity index (χ1n) is 22.3.